The Labute approximate surface area is 174 Å². The van der Waals surface area contributed by atoms with Gasteiger partial charge >= 0.3 is 5.76 Å². The minimum absolute atomic E-state index is 0.0533. The van der Waals surface area contributed by atoms with Crippen molar-refractivity contribution in [1.29, 1.82) is 0 Å². The lowest BCUT2D eigenvalue weighted by atomic mass is 10.1. The number of piperazine rings is 1. The predicted octanol–water partition coefficient (Wildman–Crippen LogP) is 3.54. The number of aryl methyl sites for hydroxylation is 1. The Morgan fingerprint density at radius 1 is 1.03 bits per heavy atom. The summed E-state index contributed by atoms with van der Waals surface area (Å²) in [5.41, 5.74) is 2.40. The predicted molar refractivity (Wildman–Crippen MR) is 115 cm³/mol. The Morgan fingerprint density at radius 3 is 2.50 bits per heavy atom. The van der Waals surface area contributed by atoms with E-state index >= 15 is 0 Å². The van der Waals surface area contributed by atoms with Crippen LogP contribution in [0.3, 0.4) is 0 Å². The summed E-state index contributed by atoms with van der Waals surface area (Å²) in [6.45, 7) is 6.45. The number of hydrogen-bond acceptors (Lipinski definition) is 5. The van der Waals surface area contributed by atoms with Crippen molar-refractivity contribution >= 4 is 22.6 Å². The number of oxazole rings is 1. The summed E-state index contributed by atoms with van der Waals surface area (Å²) in [5, 5.41) is 0. The highest BCUT2D eigenvalue weighted by molar-refractivity contribution is 5.96. The Bertz CT molecular complexity index is 1100. The summed E-state index contributed by atoms with van der Waals surface area (Å²) in [7, 11) is 0. The Morgan fingerprint density at radius 2 is 1.77 bits per heavy atom. The number of rotatable bonds is 7. The molecular formula is C23H26FN3O3. The van der Waals surface area contributed by atoms with Gasteiger partial charge in [-0.05, 0) is 56.6 Å². The lowest BCUT2D eigenvalue weighted by Gasteiger charge is -2.36. The van der Waals surface area contributed by atoms with Gasteiger partial charge in [0.15, 0.2) is 11.4 Å². The van der Waals surface area contributed by atoms with Gasteiger partial charge in [-0.25, -0.2) is 9.18 Å². The fraction of sp³-hybridized carbons (Fsp3) is 0.391. The molecule has 30 heavy (non-hydrogen) atoms. The van der Waals surface area contributed by atoms with Gasteiger partial charge in [-0.3, -0.25) is 14.3 Å². The second-order valence-electron chi connectivity index (χ2n) is 7.75. The molecule has 0 spiro atoms. The number of benzene rings is 2. The Kier molecular flexibility index (Phi) is 5.99. The lowest BCUT2D eigenvalue weighted by Crippen LogP contribution is -2.46. The molecule has 6 nitrogen and oxygen atoms in total. The minimum Gasteiger partial charge on any atom is -0.408 e. The largest absolute Gasteiger partial charge is 0.419 e. The van der Waals surface area contributed by atoms with Crippen LogP contribution in [0.1, 0.15) is 30.1 Å². The summed E-state index contributed by atoms with van der Waals surface area (Å²) in [6, 6.07) is 12.1. The van der Waals surface area contributed by atoms with Gasteiger partial charge in [0.2, 0.25) is 0 Å². The van der Waals surface area contributed by atoms with Gasteiger partial charge in [0.05, 0.1) is 11.2 Å². The number of Topliss-reactive ketones (excluding diaryl/α,β-unsaturated/α-hetero) is 1. The second kappa shape index (κ2) is 8.83. The highest BCUT2D eigenvalue weighted by atomic mass is 19.1. The summed E-state index contributed by atoms with van der Waals surface area (Å²) in [6.07, 6.45) is 1.82. The minimum atomic E-state index is -0.385. The fourth-order valence-corrected chi connectivity index (χ4v) is 4.02. The van der Waals surface area contributed by atoms with Crippen LogP contribution >= 0.6 is 0 Å². The maximum atomic E-state index is 14.0. The van der Waals surface area contributed by atoms with Gasteiger partial charge in [-0.2, -0.15) is 0 Å². The first-order chi connectivity index (χ1) is 14.5. The van der Waals surface area contributed by atoms with Crippen LogP contribution in [0.5, 0.6) is 0 Å². The molecule has 2 heterocycles. The van der Waals surface area contributed by atoms with Crippen LogP contribution in [0.15, 0.2) is 51.7 Å². The SMILES string of the molecule is CC(=O)c1ccc2c(c1)oc(=O)n2CCCCN1CCN(c2ccccc2F)CC1. The van der Waals surface area contributed by atoms with Crippen LogP contribution in [-0.4, -0.2) is 48.0 Å². The highest BCUT2D eigenvalue weighted by Crippen LogP contribution is 2.20. The molecular weight excluding hydrogens is 385 g/mol. The fourth-order valence-electron chi connectivity index (χ4n) is 4.02. The molecule has 1 aromatic heterocycles. The molecule has 4 rings (SSSR count). The average Bonchev–Trinajstić information content (AvgIpc) is 3.06. The van der Waals surface area contributed by atoms with Crippen molar-refractivity contribution in [2.45, 2.75) is 26.3 Å². The van der Waals surface area contributed by atoms with Crippen LogP contribution in [0.25, 0.3) is 11.1 Å². The molecule has 3 aromatic rings. The van der Waals surface area contributed by atoms with Crippen molar-refractivity contribution in [1.82, 2.24) is 9.47 Å². The monoisotopic (exact) mass is 411 g/mol. The van der Waals surface area contributed by atoms with Crippen molar-refractivity contribution in [2.24, 2.45) is 0 Å². The lowest BCUT2D eigenvalue weighted by molar-refractivity contribution is 0.101. The quantitative estimate of drug-likeness (QED) is 0.440. The third-order valence-electron chi connectivity index (χ3n) is 5.75. The molecule has 7 heteroatoms. The smallest absolute Gasteiger partial charge is 0.408 e. The van der Waals surface area contributed by atoms with Gasteiger partial charge in [0.1, 0.15) is 5.82 Å². The summed E-state index contributed by atoms with van der Waals surface area (Å²) in [4.78, 5) is 28.2. The third kappa shape index (κ3) is 4.31. The normalized spacial score (nSPS) is 15.1. The molecule has 0 N–H and O–H groups in total. The van der Waals surface area contributed by atoms with Gasteiger partial charge in [0.25, 0.3) is 0 Å². The number of halogens is 1. The zero-order valence-electron chi connectivity index (χ0n) is 17.1. The van der Waals surface area contributed by atoms with Crippen LogP contribution in [0, 0.1) is 5.82 Å². The molecule has 0 bridgehead atoms. The van der Waals surface area contributed by atoms with Crippen molar-refractivity contribution < 1.29 is 13.6 Å². The number of carbonyl (C=O) groups excluding carboxylic acids is 1. The van der Waals surface area contributed by atoms with E-state index in [2.05, 4.69) is 9.80 Å². The summed E-state index contributed by atoms with van der Waals surface area (Å²) >= 11 is 0. The number of ketones is 1. The Balaban J connectivity index is 1.27. The van der Waals surface area contributed by atoms with Crippen LogP contribution in [0.2, 0.25) is 0 Å². The molecule has 1 saturated heterocycles. The van der Waals surface area contributed by atoms with Crippen molar-refractivity contribution in [2.75, 3.05) is 37.6 Å². The zero-order chi connectivity index (χ0) is 21.1. The number of para-hydroxylation sites is 1. The van der Waals surface area contributed by atoms with Gasteiger partial charge in [-0.15, -0.1) is 0 Å². The zero-order valence-corrected chi connectivity index (χ0v) is 17.1. The first kappa shape index (κ1) is 20.3. The first-order valence-corrected chi connectivity index (χ1v) is 10.4. The number of unbranched alkanes of at least 4 members (excludes halogenated alkanes) is 1. The number of nitrogens with zero attached hydrogens (tertiary/aromatic N) is 3. The summed E-state index contributed by atoms with van der Waals surface area (Å²) in [5.74, 6) is -0.606. The summed E-state index contributed by atoms with van der Waals surface area (Å²) < 4.78 is 20.9. The molecule has 0 radical (unpaired) electrons. The molecule has 1 aliphatic rings. The van der Waals surface area contributed by atoms with E-state index in [-0.39, 0.29) is 17.4 Å². The van der Waals surface area contributed by atoms with E-state index in [0.717, 1.165) is 51.1 Å². The van der Waals surface area contributed by atoms with Gasteiger partial charge in [0, 0.05) is 38.3 Å². The van der Waals surface area contributed by atoms with E-state index in [9.17, 15) is 14.0 Å². The van der Waals surface area contributed by atoms with E-state index < -0.39 is 0 Å². The van der Waals surface area contributed by atoms with E-state index in [1.807, 2.05) is 12.1 Å². The molecule has 158 valence electrons. The molecule has 1 fully saturated rings. The van der Waals surface area contributed by atoms with Crippen molar-refractivity contribution in [3.05, 3.63) is 64.4 Å². The second-order valence-corrected chi connectivity index (χ2v) is 7.75. The molecule has 2 aromatic carbocycles. The molecule has 0 amide bonds. The van der Waals surface area contributed by atoms with Gasteiger partial charge < -0.3 is 9.32 Å². The maximum Gasteiger partial charge on any atom is 0.419 e. The topological polar surface area (TPSA) is 58.7 Å². The maximum absolute atomic E-state index is 14.0. The van der Waals surface area contributed by atoms with E-state index in [1.54, 1.807) is 28.8 Å². The first-order valence-electron chi connectivity index (χ1n) is 10.4. The number of carbonyl (C=O) groups is 1. The average molecular weight is 411 g/mol. The standard InChI is InChI=1S/C23H26FN3O3/c1-17(28)18-8-9-21-22(16-18)30-23(29)27(21)11-5-4-10-25-12-14-26(15-13-25)20-7-3-2-6-19(20)24/h2-3,6-9,16H,4-5,10-15H2,1H3. The van der Waals surface area contributed by atoms with E-state index in [0.29, 0.717) is 23.4 Å². The van der Waals surface area contributed by atoms with Crippen LogP contribution in [0.4, 0.5) is 10.1 Å². The highest BCUT2D eigenvalue weighted by Gasteiger charge is 2.19. The van der Waals surface area contributed by atoms with Crippen molar-refractivity contribution in [3.8, 4) is 0 Å². The third-order valence-corrected chi connectivity index (χ3v) is 5.75. The van der Waals surface area contributed by atoms with E-state index in [4.69, 9.17) is 4.42 Å². The van der Waals surface area contributed by atoms with Crippen LogP contribution < -0.4 is 10.7 Å². The van der Waals surface area contributed by atoms with Crippen molar-refractivity contribution in [3.63, 3.8) is 0 Å². The van der Waals surface area contributed by atoms with E-state index in [1.165, 1.54) is 13.0 Å². The molecule has 0 saturated carbocycles. The molecule has 0 unspecified atom stereocenters. The molecule has 0 atom stereocenters. The number of hydrogen-bond donors (Lipinski definition) is 0. The van der Waals surface area contributed by atoms with Gasteiger partial charge in [-0.1, -0.05) is 12.1 Å². The number of fused-ring (bicyclic) bond motifs is 1. The number of aromatic nitrogens is 1. The van der Waals surface area contributed by atoms with Crippen LogP contribution in [-0.2, 0) is 6.54 Å². The molecule has 0 aliphatic carbocycles. The molecule has 1 aliphatic heterocycles. The Hall–Kier alpha value is -2.93. The number of anilines is 1.